The van der Waals surface area contributed by atoms with Crippen LogP contribution in [0.3, 0.4) is 0 Å². The van der Waals surface area contributed by atoms with Gasteiger partial charge in [-0.3, -0.25) is 4.79 Å². The second-order valence-corrected chi connectivity index (χ2v) is 5.19. The zero-order chi connectivity index (χ0) is 15.7. The summed E-state index contributed by atoms with van der Waals surface area (Å²) in [5.41, 5.74) is 3.54. The molecule has 0 bridgehead atoms. The van der Waals surface area contributed by atoms with Crippen LogP contribution >= 0.6 is 0 Å². The number of aryl methyl sites for hydroxylation is 1. The molecule has 0 saturated carbocycles. The van der Waals surface area contributed by atoms with Crippen LogP contribution in [0.2, 0.25) is 0 Å². The first-order chi connectivity index (χ1) is 10.6. The number of fused-ring (bicyclic) bond motifs is 1. The average molecular weight is 295 g/mol. The fourth-order valence-electron chi connectivity index (χ4n) is 2.38. The van der Waals surface area contributed by atoms with E-state index in [2.05, 4.69) is 5.32 Å². The molecule has 0 aliphatic carbocycles. The summed E-state index contributed by atoms with van der Waals surface area (Å²) < 4.78 is 10.9. The molecule has 1 heterocycles. The van der Waals surface area contributed by atoms with Crippen LogP contribution in [-0.2, 0) is 0 Å². The molecule has 0 spiro atoms. The molecule has 0 aliphatic rings. The van der Waals surface area contributed by atoms with E-state index in [1.54, 1.807) is 19.2 Å². The molecule has 2 aromatic carbocycles. The Balaban J connectivity index is 1.94. The van der Waals surface area contributed by atoms with Crippen molar-refractivity contribution in [3.8, 4) is 5.75 Å². The lowest BCUT2D eigenvalue weighted by molar-refractivity contribution is 0.0998. The number of nitrogens with one attached hydrogen (secondary N) is 1. The fourth-order valence-corrected chi connectivity index (χ4v) is 2.38. The maximum absolute atomic E-state index is 12.4. The van der Waals surface area contributed by atoms with Gasteiger partial charge in [-0.05, 0) is 43.2 Å². The van der Waals surface area contributed by atoms with Gasteiger partial charge in [0.25, 0.3) is 5.91 Å². The molecule has 22 heavy (non-hydrogen) atoms. The second kappa shape index (κ2) is 5.56. The van der Waals surface area contributed by atoms with Crippen molar-refractivity contribution >= 4 is 22.6 Å². The predicted molar refractivity (Wildman–Crippen MR) is 86.6 cm³/mol. The first-order valence-electron chi connectivity index (χ1n) is 7.04. The van der Waals surface area contributed by atoms with Crippen molar-refractivity contribution in [2.45, 2.75) is 13.8 Å². The molecule has 0 radical (unpaired) electrons. The lowest BCUT2D eigenvalue weighted by Gasteiger charge is -2.08. The molecule has 4 heteroatoms. The maximum Gasteiger partial charge on any atom is 0.291 e. The third-order valence-corrected chi connectivity index (χ3v) is 3.80. The van der Waals surface area contributed by atoms with Crippen LogP contribution in [0.5, 0.6) is 5.75 Å². The Morgan fingerprint density at radius 1 is 1.14 bits per heavy atom. The molecule has 0 aliphatic heterocycles. The van der Waals surface area contributed by atoms with Gasteiger partial charge in [-0.15, -0.1) is 0 Å². The quantitative estimate of drug-likeness (QED) is 0.783. The van der Waals surface area contributed by atoms with Crippen molar-refractivity contribution in [2.24, 2.45) is 0 Å². The van der Waals surface area contributed by atoms with Gasteiger partial charge in [0.15, 0.2) is 17.1 Å². The van der Waals surface area contributed by atoms with Gasteiger partial charge in [-0.1, -0.05) is 24.3 Å². The van der Waals surface area contributed by atoms with E-state index in [1.165, 1.54) is 0 Å². The van der Waals surface area contributed by atoms with Gasteiger partial charge >= 0.3 is 0 Å². The van der Waals surface area contributed by atoms with Crippen molar-refractivity contribution in [1.82, 2.24) is 0 Å². The van der Waals surface area contributed by atoms with Crippen molar-refractivity contribution in [2.75, 3.05) is 12.4 Å². The number of carbonyl (C=O) groups is 1. The van der Waals surface area contributed by atoms with Crippen LogP contribution in [0.4, 0.5) is 5.69 Å². The Labute approximate surface area is 128 Å². The van der Waals surface area contributed by atoms with E-state index in [1.807, 2.05) is 44.2 Å². The predicted octanol–water partition coefficient (Wildman–Crippen LogP) is 4.31. The highest BCUT2D eigenvalue weighted by molar-refractivity contribution is 6.05. The molecule has 3 aromatic rings. The highest BCUT2D eigenvalue weighted by atomic mass is 16.5. The highest BCUT2D eigenvalue weighted by Gasteiger charge is 2.15. The number of anilines is 1. The number of methoxy groups -OCH3 is 1. The molecule has 0 unspecified atom stereocenters. The minimum atomic E-state index is -0.271. The van der Waals surface area contributed by atoms with E-state index in [9.17, 15) is 4.79 Å². The monoisotopic (exact) mass is 295 g/mol. The van der Waals surface area contributed by atoms with Crippen LogP contribution in [0, 0.1) is 13.8 Å². The number of benzene rings is 2. The minimum Gasteiger partial charge on any atom is -0.493 e. The normalized spacial score (nSPS) is 10.7. The lowest BCUT2D eigenvalue weighted by Crippen LogP contribution is -2.12. The summed E-state index contributed by atoms with van der Waals surface area (Å²) in [4.78, 5) is 12.4. The smallest absolute Gasteiger partial charge is 0.291 e. The topological polar surface area (TPSA) is 51.5 Å². The van der Waals surface area contributed by atoms with Crippen molar-refractivity contribution in [3.63, 3.8) is 0 Å². The molecule has 112 valence electrons. The molecular formula is C18H17NO3. The number of carbonyl (C=O) groups excluding carboxylic acids is 1. The number of furan rings is 1. The summed E-state index contributed by atoms with van der Waals surface area (Å²) >= 11 is 0. The third-order valence-electron chi connectivity index (χ3n) is 3.80. The summed E-state index contributed by atoms with van der Waals surface area (Å²) in [5.74, 6) is 0.607. The zero-order valence-electron chi connectivity index (χ0n) is 12.8. The van der Waals surface area contributed by atoms with Crippen LogP contribution < -0.4 is 10.1 Å². The van der Waals surface area contributed by atoms with Crippen LogP contribution in [0.1, 0.15) is 21.7 Å². The van der Waals surface area contributed by atoms with Crippen LogP contribution in [-0.4, -0.2) is 13.0 Å². The van der Waals surface area contributed by atoms with Crippen LogP contribution in [0.15, 0.2) is 46.9 Å². The Bertz CT molecular complexity index is 849. The Morgan fingerprint density at radius 3 is 2.68 bits per heavy atom. The maximum atomic E-state index is 12.4. The van der Waals surface area contributed by atoms with E-state index in [0.29, 0.717) is 11.3 Å². The standard InChI is InChI=1S/C18H17NO3/c1-11-6-4-8-14(12(11)2)19-18(20)16-10-13-7-5-9-15(21-3)17(13)22-16/h4-10H,1-3H3,(H,19,20). The van der Waals surface area contributed by atoms with E-state index in [-0.39, 0.29) is 11.7 Å². The molecule has 0 fully saturated rings. The van der Waals surface area contributed by atoms with Gasteiger partial charge in [-0.2, -0.15) is 0 Å². The van der Waals surface area contributed by atoms with Crippen molar-refractivity contribution in [3.05, 3.63) is 59.4 Å². The van der Waals surface area contributed by atoms with Crippen molar-refractivity contribution in [1.29, 1.82) is 0 Å². The summed E-state index contributed by atoms with van der Waals surface area (Å²) in [7, 11) is 1.58. The van der Waals surface area contributed by atoms with Gasteiger partial charge in [0.05, 0.1) is 7.11 Å². The summed E-state index contributed by atoms with van der Waals surface area (Å²) in [6.45, 7) is 3.99. The average Bonchev–Trinajstić information content (AvgIpc) is 2.96. The van der Waals surface area contributed by atoms with Gasteiger partial charge < -0.3 is 14.5 Å². The SMILES string of the molecule is COc1cccc2cc(C(=O)Nc3cccc(C)c3C)oc12. The highest BCUT2D eigenvalue weighted by Crippen LogP contribution is 2.29. The Morgan fingerprint density at radius 2 is 1.91 bits per heavy atom. The molecule has 4 nitrogen and oxygen atoms in total. The Kier molecular flexibility index (Phi) is 3.59. The molecular weight excluding hydrogens is 278 g/mol. The Hall–Kier alpha value is -2.75. The van der Waals surface area contributed by atoms with E-state index >= 15 is 0 Å². The largest absolute Gasteiger partial charge is 0.493 e. The number of hydrogen-bond acceptors (Lipinski definition) is 3. The molecule has 1 N–H and O–H groups in total. The number of ether oxygens (including phenoxy) is 1. The van der Waals surface area contributed by atoms with Gasteiger partial charge in [0, 0.05) is 11.1 Å². The number of amides is 1. The summed E-state index contributed by atoms with van der Waals surface area (Å²) in [6, 6.07) is 13.1. The van der Waals surface area contributed by atoms with E-state index < -0.39 is 0 Å². The number of hydrogen-bond donors (Lipinski definition) is 1. The number of rotatable bonds is 3. The van der Waals surface area contributed by atoms with Gasteiger partial charge in [0.2, 0.25) is 0 Å². The summed E-state index contributed by atoms with van der Waals surface area (Å²) in [5, 5.41) is 3.73. The lowest BCUT2D eigenvalue weighted by atomic mass is 10.1. The first kappa shape index (κ1) is 14.2. The first-order valence-corrected chi connectivity index (χ1v) is 7.04. The fraction of sp³-hybridized carbons (Fsp3) is 0.167. The van der Waals surface area contributed by atoms with Gasteiger partial charge in [0.1, 0.15) is 0 Å². The summed E-state index contributed by atoms with van der Waals surface area (Å²) in [6.07, 6.45) is 0. The zero-order valence-corrected chi connectivity index (χ0v) is 12.8. The number of para-hydroxylation sites is 1. The second-order valence-electron chi connectivity index (χ2n) is 5.19. The van der Waals surface area contributed by atoms with Crippen molar-refractivity contribution < 1.29 is 13.9 Å². The minimum absolute atomic E-state index is 0.264. The molecule has 3 rings (SSSR count). The van der Waals surface area contributed by atoms with E-state index in [4.69, 9.17) is 9.15 Å². The molecule has 1 aromatic heterocycles. The third kappa shape index (κ3) is 2.44. The van der Waals surface area contributed by atoms with Crippen LogP contribution in [0.25, 0.3) is 11.0 Å². The molecule has 1 amide bonds. The molecule has 0 saturated heterocycles. The van der Waals surface area contributed by atoms with Gasteiger partial charge in [-0.25, -0.2) is 0 Å². The van der Waals surface area contributed by atoms with E-state index in [0.717, 1.165) is 22.2 Å². The molecule has 0 atom stereocenters.